The lowest BCUT2D eigenvalue weighted by Gasteiger charge is -2.15. The Morgan fingerprint density at radius 2 is 1.63 bits per heavy atom. The number of nitrogens with zero attached hydrogens (tertiary/aromatic N) is 2. The van der Waals surface area contributed by atoms with Crippen LogP contribution in [0, 0.1) is 0 Å². The maximum absolute atomic E-state index is 13.4. The van der Waals surface area contributed by atoms with Crippen molar-refractivity contribution in [3.8, 4) is 11.6 Å². The van der Waals surface area contributed by atoms with Gasteiger partial charge in [-0.05, 0) is 29.8 Å². The van der Waals surface area contributed by atoms with Crippen molar-refractivity contribution < 1.29 is 17.9 Å². The van der Waals surface area contributed by atoms with Crippen LogP contribution < -0.4 is 4.74 Å². The standard InChI is InChI=1S/C17H9Cl4F3N2O/c18-10-3-1-2-9(4-10)8-27-16-12(17(22,23)24)7-25-26(16)15-13(20)5-11(19)6-14(15)21/h1-7H,8H2. The molecule has 2 aromatic carbocycles. The van der Waals surface area contributed by atoms with Gasteiger partial charge in [-0.1, -0.05) is 58.5 Å². The van der Waals surface area contributed by atoms with Gasteiger partial charge in [-0.25, -0.2) is 0 Å². The Labute approximate surface area is 172 Å². The number of hydrogen-bond acceptors (Lipinski definition) is 2. The van der Waals surface area contributed by atoms with Crippen molar-refractivity contribution >= 4 is 46.4 Å². The molecule has 0 atom stereocenters. The quantitative estimate of drug-likeness (QED) is 0.420. The zero-order valence-corrected chi connectivity index (χ0v) is 16.2. The average molecular weight is 456 g/mol. The minimum atomic E-state index is -4.69. The molecule has 0 aliphatic rings. The Bertz CT molecular complexity index is 966. The van der Waals surface area contributed by atoms with Crippen molar-refractivity contribution in [1.82, 2.24) is 9.78 Å². The average Bonchev–Trinajstić information content (AvgIpc) is 2.96. The highest BCUT2D eigenvalue weighted by Gasteiger charge is 2.38. The molecule has 0 saturated heterocycles. The van der Waals surface area contributed by atoms with Gasteiger partial charge in [-0.15, -0.1) is 0 Å². The molecule has 0 N–H and O–H groups in total. The fourth-order valence-electron chi connectivity index (χ4n) is 2.35. The normalized spacial score (nSPS) is 11.7. The largest absolute Gasteiger partial charge is 0.472 e. The summed E-state index contributed by atoms with van der Waals surface area (Å²) in [6.07, 6.45) is -4.04. The lowest BCUT2D eigenvalue weighted by atomic mass is 10.2. The van der Waals surface area contributed by atoms with Crippen LogP contribution >= 0.6 is 46.4 Å². The van der Waals surface area contributed by atoms with Crippen LogP contribution in [0.5, 0.6) is 5.88 Å². The number of alkyl halides is 3. The number of aromatic nitrogens is 2. The predicted molar refractivity (Wildman–Crippen MR) is 99.4 cm³/mol. The van der Waals surface area contributed by atoms with Crippen molar-refractivity contribution in [3.63, 3.8) is 0 Å². The summed E-state index contributed by atoms with van der Waals surface area (Å²) < 4.78 is 46.5. The Morgan fingerprint density at radius 3 is 2.22 bits per heavy atom. The van der Waals surface area contributed by atoms with Crippen molar-refractivity contribution in [2.24, 2.45) is 0 Å². The van der Waals surface area contributed by atoms with Crippen molar-refractivity contribution in [3.05, 3.63) is 73.8 Å². The van der Waals surface area contributed by atoms with Gasteiger partial charge in [0.1, 0.15) is 17.9 Å². The van der Waals surface area contributed by atoms with E-state index in [4.69, 9.17) is 51.1 Å². The highest BCUT2D eigenvalue weighted by molar-refractivity contribution is 6.40. The molecule has 3 aromatic rings. The highest BCUT2D eigenvalue weighted by atomic mass is 35.5. The minimum absolute atomic E-state index is 0.0249. The predicted octanol–water partition coefficient (Wildman–Crippen LogP) is 7.08. The van der Waals surface area contributed by atoms with E-state index in [-0.39, 0.29) is 27.4 Å². The molecule has 0 amide bonds. The van der Waals surface area contributed by atoms with Crippen LogP contribution in [0.3, 0.4) is 0 Å². The molecule has 142 valence electrons. The molecule has 0 fully saturated rings. The highest BCUT2D eigenvalue weighted by Crippen LogP contribution is 2.41. The van der Waals surface area contributed by atoms with Crippen LogP contribution in [0.25, 0.3) is 5.69 Å². The van der Waals surface area contributed by atoms with E-state index < -0.39 is 17.6 Å². The molecule has 1 heterocycles. The Kier molecular flexibility index (Phi) is 5.82. The Balaban J connectivity index is 2.07. The van der Waals surface area contributed by atoms with Gasteiger partial charge in [0.15, 0.2) is 0 Å². The molecule has 0 spiro atoms. The van der Waals surface area contributed by atoms with E-state index in [0.29, 0.717) is 16.8 Å². The molecule has 27 heavy (non-hydrogen) atoms. The zero-order valence-electron chi connectivity index (χ0n) is 13.2. The van der Waals surface area contributed by atoms with E-state index in [1.807, 2.05) is 0 Å². The maximum Gasteiger partial charge on any atom is 0.423 e. The summed E-state index contributed by atoms with van der Waals surface area (Å²) in [6, 6.07) is 9.25. The molecule has 0 aliphatic carbocycles. The van der Waals surface area contributed by atoms with Crippen LogP contribution in [0.15, 0.2) is 42.6 Å². The number of rotatable bonds is 4. The minimum Gasteiger partial charge on any atom is -0.472 e. The summed E-state index contributed by atoms with van der Waals surface area (Å²) in [5.41, 5.74) is -0.456. The van der Waals surface area contributed by atoms with Crippen LogP contribution in [0.2, 0.25) is 20.1 Å². The van der Waals surface area contributed by atoms with E-state index in [0.717, 1.165) is 4.68 Å². The van der Waals surface area contributed by atoms with Crippen molar-refractivity contribution in [1.29, 1.82) is 0 Å². The van der Waals surface area contributed by atoms with Gasteiger partial charge in [0.2, 0.25) is 5.88 Å². The smallest absolute Gasteiger partial charge is 0.423 e. The molecular formula is C17H9Cl4F3N2O. The summed E-state index contributed by atoms with van der Waals surface area (Å²) in [5.74, 6) is -0.548. The topological polar surface area (TPSA) is 27.1 Å². The maximum atomic E-state index is 13.4. The summed E-state index contributed by atoms with van der Waals surface area (Å²) in [4.78, 5) is 0. The third-order valence-electron chi connectivity index (χ3n) is 3.49. The Morgan fingerprint density at radius 1 is 0.963 bits per heavy atom. The molecule has 0 saturated carbocycles. The number of hydrogen-bond donors (Lipinski definition) is 0. The second-order valence-electron chi connectivity index (χ2n) is 5.41. The van der Waals surface area contributed by atoms with Gasteiger partial charge < -0.3 is 4.74 Å². The van der Waals surface area contributed by atoms with Crippen LogP contribution in [0.1, 0.15) is 11.1 Å². The van der Waals surface area contributed by atoms with E-state index in [9.17, 15) is 13.2 Å². The van der Waals surface area contributed by atoms with E-state index in [2.05, 4.69) is 5.10 Å². The fraction of sp³-hybridized carbons (Fsp3) is 0.118. The molecule has 0 aliphatic heterocycles. The molecule has 3 rings (SSSR count). The number of halogens is 7. The number of ether oxygens (including phenoxy) is 1. The van der Waals surface area contributed by atoms with Gasteiger partial charge in [0.05, 0.1) is 16.2 Å². The summed E-state index contributed by atoms with van der Waals surface area (Å²) in [7, 11) is 0. The monoisotopic (exact) mass is 454 g/mol. The lowest BCUT2D eigenvalue weighted by Crippen LogP contribution is -2.10. The molecule has 3 nitrogen and oxygen atoms in total. The van der Waals surface area contributed by atoms with Crippen molar-refractivity contribution in [2.75, 3.05) is 0 Å². The fourth-order valence-corrected chi connectivity index (χ4v) is 3.54. The third-order valence-corrected chi connectivity index (χ3v) is 4.52. The summed E-state index contributed by atoms with van der Waals surface area (Å²) >= 11 is 24.0. The van der Waals surface area contributed by atoms with E-state index in [1.165, 1.54) is 12.1 Å². The molecule has 1 aromatic heterocycles. The summed E-state index contributed by atoms with van der Waals surface area (Å²) in [5, 5.41) is 4.49. The van der Waals surface area contributed by atoms with Gasteiger partial charge in [0.25, 0.3) is 0 Å². The lowest BCUT2D eigenvalue weighted by molar-refractivity contribution is -0.139. The third kappa shape index (κ3) is 4.46. The van der Waals surface area contributed by atoms with Crippen LogP contribution in [-0.4, -0.2) is 9.78 Å². The SMILES string of the molecule is FC(F)(F)c1cnn(-c2c(Cl)cc(Cl)cc2Cl)c1OCc1cccc(Cl)c1. The molecule has 0 bridgehead atoms. The van der Waals surface area contributed by atoms with Crippen LogP contribution in [-0.2, 0) is 12.8 Å². The second kappa shape index (κ2) is 7.80. The molecule has 0 radical (unpaired) electrons. The van der Waals surface area contributed by atoms with E-state index >= 15 is 0 Å². The van der Waals surface area contributed by atoms with Crippen molar-refractivity contribution in [2.45, 2.75) is 12.8 Å². The second-order valence-corrected chi connectivity index (χ2v) is 7.10. The summed E-state index contributed by atoms with van der Waals surface area (Å²) in [6.45, 7) is -0.168. The molecule has 10 heteroatoms. The van der Waals surface area contributed by atoms with Gasteiger partial charge in [0, 0.05) is 10.0 Å². The first-order valence-electron chi connectivity index (χ1n) is 7.34. The van der Waals surface area contributed by atoms with Gasteiger partial charge >= 0.3 is 6.18 Å². The Hall–Kier alpha value is -1.60. The first-order valence-corrected chi connectivity index (χ1v) is 8.85. The van der Waals surface area contributed by atoms with Crippen LogP contribution in [0.4, 0.5) is 13.2 Å². The number of benzene rings is 2. The first kappa shape index (κ1) is 20.1. The zero-order chi connectivity index (χ0) is 19.8. The van der Waals surface area contributed by atoms with E-state index in [1.54, 1.807) is 24.3 Å². The molecular weight excluding hydrogens is 447 g/mol. The first-order chi connectivity index (χ1) is 12.7. The van der Waals surface area contributed by atoms with Gasteiger partial charge in [-0.3, -0.25) is 0 Å². The molecule has 0 unspecified atom stereocenters. The van der Waals surface area contributed by atoms with Gasteiger partial charge in [-0.2, -0.15) is 23.0 Å².